The van der Waals surface area contributed by atoms with Gasteiger partial charge in [-0.3, -0.25) is 4.98 Å². The smallest absolute Gasteiger partial charge is 0.0788 e. The molecule has 0 N–H and O–H groups in total. The van der Waals surface area contributed by atoms with Crippen molar-refractivity contribution in [3.8, 4) is 28.2 Å². The van der Waals surface area contributed by atoms with Crippen LogP contribution in [-0.2, 0) is 0 Å². The van der Waals surface area contributed by atoms with E-state index in [1.54, 1.807) is 0 Å². The Balaban J connectivity index is 1.32. The van der Waals surface area contributed by atoms with Crippen molar-refractivity contribution < 1.29 is 0 Å². The fourth-order valence-electron chi connectivity index (χ4n) is 6.62. The van der Waals surface area contributed by atoms with Crippen LogP contribution in [0.2, 0.25) is 0 Å². The van der Waals surface area contributed by atoms with E-state index in [1.807, 2.05) is 6.20 Å². The summed E-state index contributed by atoms with van der Waals surface area (Å²) in [6.45, 7) is 0. The summed E-state index contributed by atoms with van der Waals surface area (Å²) in [6, 6.07) is 51.7. The zero-order valence-corrected chi connectivity index (χ0v) is 23.3. The Morgan fingerprint density at radius 2 is 1.09 bits per heavy atom. The maximum absolute atomic E-state index is 5.26. The Kier molecular flexibility index (Phi) is 5.20. The molecule has 3 aromatic heterocycles. The topological polar surface area (TPSA) is 30.7 Å². The zero-order valence-electron chi connectivity index (χ0n) is 23.3. The predicted molar refractivity (Wildman–Crippen MR) is 180 cm³/mol. The van der Waals surface area contributed by atoms with Gasteiger partial charge in [0.1, 0.15) is 0 Å². The molecular weight excluding hydrogens is 522 g/mol. The third kappa shape index (κ3) is 3.68. The van der Waals surface area contributed by atoms with Gasteiger partial charge in [-0.25, -0.2) is 4.98 Å². The van der Waals surface area contributed by atoms with Gasteiger partial charge in [-0.05, 0) is 53.2 Å². The Morgan fingerprint density at radius 1 is 0.419 bits per heavy atom. The number of hydrogen-bond acceptors (Lipinski definition) is 2. The van der Waals surface area contributed by atoms with E-state index in [0.29, 0.717) is 0 Å². The van der Waals surface area contributed by atoms with Gasteiger partial charge in [0, 0.05) is 49.9 Å². The lowest BCUT2D eigenvalue weighted by Gasteiger charge is -2.13. The van der Waals surface area contributed by atoms with Gasteiger partial charge in [0.25, 0.3) is 0 Å². The summed E-state index contributed by atoms with van der Waals surface area (Å²) in [7, 11) is 0. The second-order valence-corrected chi connectivity index (χ2v) is 11.0. The average Bonchev–Trinajstić information content (AvgIpc) is 3.40. The lowest BCUT2D eigenvalue weighted by atomic mass is 9.96. The number of benzene rings is 6. The molecule has 0 fully saturated rings. The van der Waals surface area contributed by atoms with Crippen LogP contribution in [0.25, 0.3) is 82.5 Å². The minimum atomic E-state index is 0.990. The van der Waals surface area contributed by atoms with Crippen molar-refractivity contribution in [1.82, 2.24) is 14.5 Å². The second-order valence-electron chi connectivity index (χ2n) is 11.0. The molecule has 9 aromatic rings. The highest BCUT2D eigenvalue weighted by atomic mass is 15.0. The van der Waals surface area contributed by atoms with Crippen LogP contribution >= 0.6 is 0 Å². The minimum Gasteiger partial charge on any atom is -0.309 e. The summed E-state index contributed by atoms with van der Waals surface area (Å²) in [4.78, 5) is 10.00. The Morgan fingerprint density at radius 3 is 1.93 bits per heavy atom. The Hall–Kier alpha value is -5.80. The fourth-order valence-corrected chi connectivity index (χ4v) is 6.62. The fraction of sp³-hybridized carbons (Fsp3) is 0. The molecule has 0 aliphatic heterocycles. The third-order valence-corrected chi connectivity index (χ3v) is 8.61. The molecule has 43 heavy (non-hydrogen) atoms. The molecular formula is C40H25N3. The van der Waals surface area contributed by atoms with Crippen molar-refractivity contribution in [3.63, 3.8) is 0 Å². The predicted octanol–water partition coefficient (Wildman–Crippen LogP) is 10.4. The summed E-state index contributed by atoms with van der Waals surface area (Å²) in [5.74, 6) is 0. The molecule has 3 nitrogen and oxygen atoms in total. The Bertz CT molecular complexity index is 2480. The molecule has 0 unspecified atom stereocenters. The number of rotatable bonds is 3. The molecule has 0 spiro atoms. The standard InChI is InChI=1S/C40H25N3/c1-2-11-29(12-3-1)43-37-17-9-7-15-32(37)34-24-35-33(25-38(34)43)31-14-6-8-16-36(31)42-40(35)28-20-18-27(19-21-28)39-30-13-5-4-10-26(30)22-23-41-39/h1-25H. The number of para-hydroxylation sites is 3. The van der Waals surface area contributed by atoms with E-state index in [1.165, 1.54) is 32.6 Å². The van der Waals surface area contributed by atoms with Crippen LogP contribution in [0.5, 0.6) is 0 Å². The average molecular weight is 548 g/mol. The van der Waals surface area contributed by atoms with Gasteiger partial charge in [-0.15, -0.1) is 0 Å². The molecule has 0 radical (unpaired) electrons. The van der Waals surface area contributed by atoms with Crippen molar-refractivity contribution in [3.05, 3.63) is 152 Å². The van der Waals surface area contributed by atoms with E-state index < -0.39 is 0 Å². The van der Waals surface area contributed by atoms with Crippen LogP contribution in [0.15, 0.2) is 152 Å². The summed E-state index contributed by atoms with van der Waals surface area (Å²) < 4.78 is 2.38. The van der Waals surface area contributed by atoms with Crippen molar-refractivity contribution >= 4 is 54.3 Å². The molecule has 9 rings (SSSR count). The molecule has 0 aliphatic carbocycles. The van der Waals surface area contributed by atoms with Gasteiger partial charge in [0.15, 0.2) is 0 Å². The summed E-state index contributed by atoms with van der Waals surface area (Å²) in [5, 5.41) is 8.32. The zero-order chi connectivity index (χ0) is 28.3. The maximum Gasteiger partial charge on any atom is 0.0788 e. The quantitative estimate of drug-likeness (QED) is 0.206. The van der Waals surface area contributed by atoms with Gasteiger partial charge in [-0.2, -0.15) is 0 Å². The highest BCUT2D eigenvalue weighted by Crippen LogP contribution is 2.40. The van der Waals surface area contributed by atoms with Gasteiger partial charge in [0.05, 0.1) is 27.9 Å². The SMILES string of the molecule is c1ccc(-n2c3ccccc3c3cc4c(-c5ccc(-c6nccc7ccccc67)cc5)nc5ccccc5c4cc32)cc1. The van der Waals surface area contributed by atoms with Crippen LogP contribution in [0.4, 0.5) is 0 Å². The first-order valence-electron chi connectivity index (χ1n) is 14.6. The third-order valence-electron chi connectivity index (χ3n) is 8.61. The molecule has 0 aliphatic rings. The highest BCUT2D eigenvalue weighted by molar-refractivity contribution is 6.20. The molecule has 200 valence electrons. The van der Waals surface area contributed by atoms with E-state index >= 15 is 0 Å². The number of aromatic nitrogens is 3. The van der Waals surface area contributed by atoms with E-state index in [-0.39, 0.29) is 0 Å². The molecule has 6 aromatic carbocycles. The molecule has 0 amide bonds. The molecule has 3 heterocycles. The van der Waals surface area contributed by atoms with Gasteiger partial charge in [0.2, 0.25) is 0 Å². The highest BCUT2D eigenvalue weighted by Gasteiger charge is 2.17. The second kappa shape index (κ2) is 9.37. The lowest BCUT2D eigenvalue weighted by molar-refractivity contribution is 1.18. The van der Waals surface area contributed by atoms with Crippen molar-refractivity contribution in [2.24, 2.45) is 0 Å². The molecule has 0 saturated heterocycles. The number of fused-ring (bicyclic) bond motifs is 7. The number of nitrogens with zero attached hydrogens (tertiary/aromatic N) is 3. The maximum atomic E-state index is 5.26. The van der Waals surface area contributed by atoms with Crippen LogP contribution in [-0.4, -0.2) is 14.5 Å². The van der Waals surface area contributed by atoms with E-state index in [9.17, 15) is 0 Å². The molecule has 0 saturated carbocycles. The minimum absolute atomic E-state index is 0.990. The largest absolute Gasteiger partial charge is 0.309 e. The molecule has 3 heteroatoms. The van der Waals surface area contributed by atoms with Gasteiger partial charge in [-0.1, -0.05) is 103 Å². The monoisotopic (exact) mass is 547 g/mol. The van der Waals surface area contributed by atoms with Gasteiger partial charge >= 0.3 is 0 Å². The summed E-state index contributed by atoms with van der Waals surface area (Å²) >= 11 is 0. The van der Waals surface area contributed by atoms with Crippen molar-refractivity contribution in [2.75, 3.05) is 0 Å². The van der Waals surface area contributed by atoms with E-state index in [2.05, 4.69) is 150 Å². The first-order valence-corrected chi connectivity index (χ1v) is 14.6. The summed E-state index contributed by atoms with van der Waals surface area (Å²) in [5.41, 5.74) is 8.71. The van der Waals surface area contributed by atoms with Crippen molar-refractivity contribution in [2.45, 2.75) is 0 Å². The van der Waals surface area contributed by atoms with E-state index in [0.717, 1.165) is 49.9 Å². The lowest BCUT2D eigenvalue weighted by Crippen LogP contribution is -1.94. The number of hydrogen-bond donors (Lipinski definition) is 0. The van der Waals surface area contributed by atoms with Crippen LogP contribution in [0, 0.1) is 0 Å². The van der Waals surface area contributed by atoms with Crippen LogP contribution < -0.4 is 0 Å². The molecule has 0 atom stereocenters. The Labute approximate surface area is 248 Å². The summed E-state index contributed by atoms with van der Waals surface area (Å²) in [6.07, 6.45) is 1.89. The molecule has 0 bridgehead atoms. The first kappa shape index (κ1) is 23.9. The first-order chi connectivity index (χ1) is 21.3. The number of pyridine rings is 2. The van der Waals surface area contributed by atoms with Crippen LogP contribution in [0.3, 0.4) is 0 Å². The normalized spacial score (nSPS) is 11.7. The van der Waals surface area contributed by atoms with Crippen LogP contribution in [0.1, 0.15) is 0 Å². The van der Waals surface area contributed by atoms with E-state index in [4.69, 9.17) is 9.97 Å². The van der Waals surface area contributed by atoms with Gasteiger partial charge < -0.3 is 4.57 Å². The van der Waals surface area contributed by atoms with Crippen molar-refractivity contribution in [1.29, 1.82) is 0 Å².